The lowest BCUT2D eigenvalue weighted by Gasteiger charge is -2.16. The second kappa shape index (κ2) is 9.46. The number of rotatable bonds is 7. The van der Waals surface area contributed by atoms with Gasteiger partial charge in [0.05, 0.1) is 12.3 Å². The van der Waals surface area contributed by atoms with Gasteiger partial charge in [0.1, 0.15) is 12.4 Å². The standard InChI is InChI=1S/C15H19N3O3S.ClH/c16-6-3-7-18-12(10-14(20)17-15(18)22)11-4-1-2-5-13(11)21-9-8-19;/h1-2,4-5,10,19H,3,6-9,16H2,(H,17,20,22);1H. The molecule has 0 fully saturated rings. The Morgan fingerprint density at radius 1 is 1.35 bits per heavy atom. The third kappa shape index (κ3) is 4.90. The lowest BCUT2D eigenvalue weighted by atomic mass is 10.1. The van der Waals surface area contributed by atoms with Crippen LogP contribution in [0.5, 0.6) is 5.75 Å². The van der Waals surface area contributed by atoms with Gasteiger partial charge in [0.25, 0.3) is 5.56 Å². The molecule has 0 aliphatic rings. The predicted octanol–water partition coefficient (Wildman–Crippen LogP) is 1.71. The Labute approximate surface area is 145 Å². The number of hydrogen-bond donors (Lipinski definition) is 3. The number of nitrogens with one attached hydrogen (secondary N) is 1. The minimum atomic E-state index is -0.263. The summed E-state index contributed by atoms with van der Waals surface area (Å²) < 4.78 is 7.74. The van der Waals surface area contributed by atoms with Crippen molar-refractivity contribution in [3.05, 3.63) is 45.5 Å². The van der Waals surface area contributed by atoms with E-state index in [9.17, 15) is 4.79 Å². The Hall–Kier alpha value is -1.67. The highest BCUT2D eigenvalue weighted by Gasteiger charge is 2.11. The zero-order valence-electron chi connectivity index (χ0n) is 12.5. The molecule has 0 aliphatic heterocycles. The monoisotopic (exact) mass is 357 g/mol. The van der Waals surface area contributed by atoms with Crippen LogP contribution >= 0.6 is 24.6 Å². The maximum absolute atomic E-state index is 11.8. The zero-order valence-corrected chi connectivity index (χ0v) is 14.2. The molecule has 8 heteroatoms. The average Bonchev–Trinajstić information content (AvgIpc) is 2.52. The van der Waals surface area contributed by atoms with Crippen LogP contribution in [-0.2, 0) is 6.54 Å². The summed E-state index contributed by atoms with van der Waals surface area (Å²) in [5.74, 6) is 0.595. The first-order valence-electron chi connectivity index (χ1n) is 7.04. The summed E-state index contributed by atoms with van der Waals surface area (Å²) in [6.07, 6.45) is 0.743. The predicted molar refractivity (Wildman–Crippen MR) is 94.8 cm³/mol. The number of nitrogens with zero attached hydrogens (tertiary/aromatic N) is 1. The Morgan fingerprint density at radius 3 is 2.78 bits per heavy atom. The van der Waals surface area contributed by atoms with Gasteiger partial charge in [-0.15, -0.1) is 12.4 Å². The van der Waals surface area contributed by atoms with Gasteiger partial charge in [-0.2, -0.15) is 0 Å². The second-order valence-corrected chi connectivity index (χ2v) is 5.07. The van der Waals surface area contributed by atoms with E-state index < -0.39 is 0 Å². The van der Waals surface area contributed by atoms with Crippen LogP contribution in [0.1, 0.15) is 6.42 Å². The number of H-pyrrole nitrogens is 1. The molecule has 1 aromatic heterocycles. The van der Waals surface area contributed by atoms with Crippen molar-refractivity contribution in [2.24, 2.45) is 5.73 Å². The lowest BCUT2D eigenvalue weighted by Crippen LogP contribution is -2.17. The molecule has 0 unspecified atom stereocenters. The van der Waals surface area contributed by atoms with Gasteiger partial charge >= 0.3 is 0 Å². The van der Waals surface area contributed by atoms with E-state index in [1.54, 1.807) is 6.07 Å². The molecule has 0 bridgehead atoms. The SMILES string of the molecule is Cl.NCCCn1c(-c2ccccc2OCCO)cc(=O)[nH]c1=S. The van der Waals surface area contributed by atoms with Crippen LogP contribution in [0.3, 0.4) is 0 Å². The highest BCUT2D eigenvalue weighted by molar-refractivity contribution is 7.71. The van der Waals surface area contributed by atoms with Gasteiger partial charge in [0.15, 0.2) is 4.77 Å². The van der Waals surface area contributed by atoms with Crippen molar-refractivity contribution < 1.29 is 9.84 Å². The molecule has 6 nitrogen and oxygen atoms in total. The van der Waals surface area contributed by atoms with Crippen molar-refractivity contribution in [1.82, 2.24) is 9.55 Å². The van der Waals surface area contributed by atoms with Gasteiger partial charge in [-0.1, -0.05) is 12.1 Å². The normalized spacial score (nSPS) is 10.2. The first-order valence-corrected chi connectivity index (χ1v) is 7.45. The van der Waals surface area contributed by atoms with Gasteiger partial charge in [-0.25, -0.2) is 0 Å². The Kier molecular flexibility index (Phi) is 7.97. The fourth-order valence-corrected chi connectivity index (χ4v) is 2.46. The number of nitrogens with two attached hydrogens (primary N) is 1. The third-order valence-corrected chi connectivity index (χ3v) is 3.45. The fraction of sp³-hybridized carbons (Fsp3) is 0.333. The number of para-hydroxylation sites is 1. The van der Waals surface area contributed by atoms with Gasteiger partial charge < -0.3 is 20.1 Å². The number of aromatic amines is 1. The van der Waals surface area contributed by atoms with E-state index in [2.05, 4.69) is 4.98 Å². The maximum Gasteiger partial charge on any atom is 0.252 e. The van der Waals surface area contributed by atoms with Crippen molar-refractivity contribution in [3.63, 3.8) is 0 Å². The third-order valence-electron chi connectivity index (χ3n) is 3.13. The van der Waals surface area contributed by atoms with Crippen molar-refractivity contribution >= 4 is 24.6 Å². The number of hydrogen-bond acceptors (Lipinski definition) is 5. The number of halogens is 1. The first kappa shape index (κ1) is 19.4. The van der Waals surface area contributed by atoms with Crippen LogP contribution in [0.15, 0.2) is 35.1 Å². The quantitative estimate of drug-likeness (QED) is 0.656. The summed E-state index contributed by atoms with van der Waals surface area (Å²) in [6.45, 7) is 1.24. The molecule has 0 saturated heterocycles. The first-order chi connectivity index (χ1) is 10.7. The summed E-state index contributed by atoms with van der Waals surface area (Å²) in [4.78, 5) is 14.4. The summed E-state index contributed by atoms with van der Waals surface area (Å²) in [5, 5.41) is 8.93. The minimum absolute atomic E-state index is 0. The van der Waals surface area contributed by atoms with Crippen LogP contribution < -0.4 is 16.0 Å². The van der Waals surface area contributed by atoms with Crippen molar-refractivity contribution in [2.45, 2.75) is 13.0 Å². The van der Waals surface area contributed by atoms with E-state index in [4.69, 9.17) is 27.8 Å². The minimum Gasteiger partial charge on any atom is -0.490 e. The number of benzene rings is 1. The number of aliphatic hydroxyl groups is 1. The molecular formula is C15H20ClN3O3S. The van der Waals surface area contributed by atoms with E-state index in [-0.39, 0.29) is 31.2 Å². The van der Waals surface area contributed by atoms with Gasteiger partial charge in [0.2, 0.25) is 0 Å². The topological polar surface area (TPSA) is 93.3 Å². The molecule has 23 heavy (non-hydrogen) atoms. The number of ether oxygens (including phenoxy) is 1. The molecule has 0 aliphatic carbocycles. The van der Waals surface area contributed by atoms with Gasteiger partial charge in [-0.3, -0.25) is 9.78 Å². The summed E-state index contributed by atoms with van der Waals surface area (Å²) in [5.41, 5.74) is 6.74. The van der Waals surface area contributed by atoms with Crippen LogP contribution in [0, 0.1) is 4.77 Å². The molecule has 0 saturated carbocycles. The largest absolute Gasteiger partial charge is 0.490 e. The molecule has 1 heterocycles. The second-order valence-electron chi connectivity index (χ2n) is 4.69. The van der Waals surface area contributed by atoms with E-state index in [1.807, 2.05) is 22.8 Å². The Bertz CT molecular complexity index is 745. The molecule has 4 N–H and O–H groups in total. The molecule has 126 valence electrons. The van der Waals surface area contributed by atoms with Crippen molar-refractivity contribution in [1.29, 1.82) is 0 Å². The van der Waals surface area contributed by atoms with E-state index in [0.29, 0.717) is 29.3 Å². The molecule has 2 rings (SSSR count). The van der Waals surface area contributed by atoms with Crippen LogP contribution in [0.2, 0.25) is 0 Å². The molecule has 0 amide bonds. The van der Waals surface area contributed by atoms with Crippen LogP contribution in [0.25, 0.3) is 11.3 Å². The van der Waals surface area contributed by atoms with Crippen LogP contribution in [0.4, 0.5) is 0 Å². The smallest absolute Gasteiger partial charge is 0.252 e. The highest BCUT2D eigenvalue weighted by atomic mass is 35.5. The molecule has 2 aromatic rings. The zero-order chi connectivity index (χ0) is 15.9. The summed E-state index contributed by atoms with van der Waals surface area (Å²) in [7, 11) is 0. The van der Waals surface area contributed by atoms with E-state index in [1.165, 1.54) is 6.07 Å². The molecule has 0 atom stereocenters. The van der Waals surface area contributed by atoms with Crippen LogP contribution in [-0.4, -0.2) is 34.4 Å². The van der Waals surface area contributed by atoms with Crippen molar-refractivity contribution in [2.75, 3.05) is 19.8 Å². The number of aliphatic hydroxyl groups excluding tert-OH is 1. The molecule has 1 aromatic carbocycles. The maximum atomic E-state index is 11.8. The fourth-order valence-electron chi connectivity index (χ4n) is 2.17. The molecule has 0 spiro atoms. The highest BCUT2D eigenvalue weighted by Crippen LogP contribution is 2.29. The molecule has 0 radical (unpaired) electrons. The van der Waals surface area contributed by atoms with Gasteiger partial charge in [0, 0.05) is 18.2 Å². The van der Waals surface area contributed by atoms with Crippen molar-refractivity contribution in [3.8, 4) is 17.0 Å². The van der Waals surface area contributed by atoms with E-state index >= 15 is 0 Å². The molecular weight excluding hydrogens is 338 g/mol. The summed E-state index contributed by atoms with van der Waals surface area (Å²) in [6, 6.07) is 8.84. The summed E-state index contributed by atoms with van der Waals surface area (Å²) >= 11 is 5.26. The van der Waals surface area contributed by atoms with E-state index in [0.717, 1.165) is 12.0 Å². The average molecular weight is 358 g/mol. The number of aromatic nitrogens is 2. The Morgan fingerprint density at radius 2 is 2.09 bits per heavy atom. The Balaban J connectivity index is 0.00000264. The lowest BCUT2D eigenvalue weighted by molar-refractivity contribution is 0.202. The van der Waals surface area contributed by atoms with Gasteiger partial charge in [-0.05, 0) is 37.3 Å².